The molecular formula is C32H41B2N3O10. The first kappa shape index (κ1) is 35.8. The third kappa shape index (κ3) is 9.74. The number of benzene rings is 1. The summed E-state index contributed by atoms with van der Waals surface area (Å²) < 4.78 is 36.7. The maximum Gasteiger partial charge on any atom is 0.342 e. The summed E-state index contributed by atoms with van der Waals surface area (Å²) in [5, 5.41) is 0. The highest BCUT2D eigenvalue weighted by Crippen LogP contribution is 2.34. The summed E-state index contributed by atoms with van der Waals surface area (Å²) in [6.45, 7) is 7.89. The van der Waals surface area contributed by atoms with Gasteiger partial charge in [0.25, 0.3) is 7.41 Å². The first-order valence-electron chi connectivity index (χ1n) is 15.5. The van der Waals surface area contributed by atoms with Gasteiger partial charge in [-0.1, -0.05) is 25.2 Å². The van der Waals surface area contributed by atoms with Gasteiger partial charge in [0.15, 0.2) is 18.4 Å². The quantitative estimate of drug-likeness (QED) is 0.135. The predicted molar refractivity (Wildman–Crippen MR) is 176 cm³/mol. The van der Waals surface area contributed by atoms with Crippen LogP contribution < -0.4 is 9.47 Å². The lowest BCUT2D eigenvalue weighted by Gasteiger charge is -2.22. The maximum atomic E-state index is 13.6. The number of fused-ring (bicyclic) bond motifs is 2. The molecule has 0 aliphatic carbocycles. The van der Waals surface area contributed by atoms with E-state index >= 15 is 0 Å². The minimum atomic E-state index is -0.940. The number of aromatic nitrogens is 2. The number of nitrogens with zero attached hydrogens (tertiary/aromatic N) is 3. The number of cyclic esters (lactones) is 1. The Labute approximate surface area is 275 Å². The van der Waals surface area contributed by atoms with Crippen LogP contribution >= 0.6 is 0 Å². The lowest BCUT2D eigenvalue weighted by Crippen LogP contribution is -2.34. The summed E-state index contributed by atoms with van der Waals surface area (Å²) in [7, 11) is 1.77. The van der Waals surface area contributed by atoms with Crippen LogP contribution in [0.25, 0.3) is 6.08 Å². The molecule has 1 saturated heterocycles. The molecule has 0 radical (unpaired) electrons. The van der Waals surface area contributed by atoms with Crippen LogP contribution in [0.3, 0.4) is 0 Å². The summed E-state index contributed by atoms with van der Waals surface area (Å²) >= 11 is 0. The Bertz CT molecular complexity index is 1480. The van der Waals surface area contributed by atoms with Gasteiger partial charge in [0, 0.05) is 44.6 Å². The fraction of sp³-hybridized carbons (Fsp3) is 0.469. The van der Waals surface area contributed by atoms with Crippen molar-refractivity contribution in [3.05, 3.63) is 59.7 Å². The highest BCUT2D eigenvalue weighted by atomic mass is 16.8. The van der Waals surface area contributed by atoms with E-state index in [1.807, 2.05) is 11.7 Å². The SMILES string of the molecule is COCOc1cc(OCCN(BC=O)Cc2nccn2BC=O)cc2c1C(=O)O[C@@H](C)[C@H](C)/C=C\C(=O)C1OC(C)(C)OC1C/C=C/2. The molecule has 1 fully saturated rings. The highest BCUT2D eigenvalue weighted by Gasteiger charge is 2.43. The maximum absolute atomic E-state index is 13.6. The molecule has 2 unspecified atom stereocenters. The van der Waals surface area contributed by atoms with E-state index in [1.54, 1.807) is 68.0 Å². The third-order valence-corrected chi connectivity index (χ3v) is 7.82. The van der Waals surface area contributed by atoms with Gasteiger partial charge in [0.1, 0.15) is 41.3 Å². The van der Waals surface area contributed by atoms with Crippen LogP contribution in [0.4, 0.5) is 0 Å². The smallest absolute Gasteiger partial charge is 0.342 e. The number of methoxy groups -OCH3 is 1. The second-order valence-corrected chi connectivity index (χ2v) is 11.8. The van der Waals surface area contributed by atoms with Crippen molar-refractivity contribution in [3.8, 4) is 11.5 Å². The van der Waals surface area contributed by atoms with E-state index in [-0.39, 0.29) is 51.2 Å². The minimum Gasteiger partial charge on any atom is -0.492 e. The minimum absolute atomic E-state index is 0.131. The van der Waals surface area contributed by atoms with Gasteiger partial charge in [0.05, 0.1) is 18.9 Å². The van der Waals surface area contributed by atoms with E-state index in [1.165, 1.54) is 13.2 Å². The molecular weight excluding hydrogens is 608 g/mol. The summed E-state index contributed by atoms with van der Waals surface area (Å²) in [6, 6.07) is 3.29. The first-order valence-corrected chi connectivity index (χ1v) is 15.5. The zero-order chi connectivity index (χ0) is 34.0. The van der Waals surface area contributed by atoms with Crippen molar-refractivity contribution in [1.82, 2.24) is 14.3 Å². The molecule has 15 heteroatoms. The van der Waals surface area contributed by atoms with E-state index in [0.717, 1.165) is 12.4 Å². The number of carbonyl (C=O) groups is 4. The van der Waals surface area contributed by atoms with Crippen LogP contribution in [0.5, 0.6) is 11.5 Å². The topological polar surface area (TPSA) is 145 Å². The molecule has 4 atom stereocenters. The van der Waals surface area contributed by atoms with Crippen molar-refractivity contribution in [3.63, 3.8) is 0 Å². The normalized spacial score (nSPS) is 23.9. The van der Waals surface area contributed by atoms with Crippen LogP contribution in [0.1, 0.15) is 55.9 Å². The largest absolute Gasteiger partial charge is 0.492 e. The summed E-state index contributed by atoms with van der Waals surface area (Å²) in [5.41, 5.74) is 0.652. The Morgan fingerprint density at radius 1 is 1.13 bits per heavy atom. The lowest BCUT2D eigenvalue weighted by molar-refractivity contribution is -0.152. The van der Waals surface area contributed by atoms with Crippen LogP contribution in [0.15, 0.2) is 42.8 Å². The molecule has 0 bridgehead atoms. The fourth-order valence-electron chi connectivity index (χ4n) is 5.26. The number of hydrogen-bond acceptors (Lipinski definition) is 12. The van der Waals surface area contributed by atoms with E-state index in [2.05, 4.69) is 4.98 Å². The molecule has 2 aromatic rings. The molecule has 0 spiro atoms. The monoisotopic (exact) mass is 649 g/mol. The molecule has 13 nitrogen and oxygen atoms in total. The molecule has 4 rings (SSSR count). The Hall–Kier alpha value is -4.04. The van der Waals surface area contributed by atoms with Crippen LogP contribution in [-0.4, -0.2) is 104 Å². The number of esters is 1. The van der Waals surface area contributed by atoms with Gasteiger partial charge in [0.2, 0.25) is 0 Å². The Balaban J connectivity index is 1.62. The third-order valence-electron chi connectivity index (χ3n) is 7.82. The van der Waals surface area contributed by atoms with Gasteiger partial charge in [-0.05, 0) is 44.9 Å². The predicted octanol–water partition coefficient (Wildman–Crippen LogP) is 1.92. The molecule has 0 N–H and O–H groups in total. The van der Waals surface area contributed by atoms with Gasteiger partial charge in [-0.3, -0.25) is 4.79 Å². The van der Waals surface area contributed by atoms with E-state index in [0.29, 0.717) is 36.6 Å². The molecule has 2 aliphatic rings. The second kappa shape index (κ2) is 16.7. The highest BCUT2D eigenvalue weighted by molar-refractivity contribution is 6.65. The average Bonchev–Trinajstić information content (AvgIpc) is 3.60. The molecule has 47 heavy (non-hydrogen) atoms. The molecule has 2 aliphatic heterocycles. The van der Waals surface area contributed by atoms with Gasteiger partial charge in [-0.15, -0.1) is 0 Å². The van der Waals surface area contributed by atoms with Crippen LogP contribution in [0, 0.1) is 5.92 Å². The molecule has 1 aromatic carbocycles. The number of ketones is 1. The number of hydrogen-bond donors (Lipinski definition) is 0. The van der Waals surface area contributed by atoms with E-state index in [9.17, 15) is 19.2 Å². The molecule has 0 amide bonds. The van der Waals surface area contributed by atoms with Gasteiger partial charge in [-0.2, -0.15) is 0 Å². The fourth-order valence-corrected chi connectivity index (χ4v) is 5.26. The van der Waals surface area contributed by atoms with Crippen molar-refractivity contribution in [2.75, 3.05) is 27.1 Å². The van der Waals surface area contributed by atoms with Gasteiger partial charge < -0.3 is 47.3 Å². The Morgan fingerprint density at radius 2 is 1.94 bits per heavy atom. The summed E-state index contributed by atoms with van der Waals surface area (Å²) in [5.74, 6) is -0.806. The average molecular weight is 649 g/mol. The molecule has 1 aromatic heterocycles. The van der Waals surface area contributed by atoms with Crippen molar-refractivity contribution in [2.24, 2.45) is 5.92 Å². The van der Waals surface area contributed by atoms with E-state index in [4.69, 9.17) is 28.4 Å². The standard InChI is InChI=1S/C32H41B2N3O10/c1-21-9-10-25(40)30-26(46-32(3,4)47-30)8-6-7-23-15-24(16-27(44-20-42-5)29(23)31(41)45-22(21)2)43-14-13-36(33-18-38)17-28-35-11-12-37(28)34-19-39/h6-7,9-12,15-16,18-19,21-22,26,30,33-34H,8,13-14,17,20H2,1-5H3/b7-6+,10-9-/t21-,22+,26?,30?/m1/s1. The number of imidazole rings is 1. The Kier molecular flexibility index (Phi) is 12.7. The van der Waals surface area contributed by atoms with Crippen LogP contribution in [-0.2, 0) is 39.9 Å². The van der Waals surface area contributed by atoms with E-state index < -0.39 is 30.1 Å². The van der Waals surface area contributed by atoms with Gasteiger partial charge >= 0.3 is 13.4 Å². The number of rotatable bonds is 13. The van der Waals surface area contributed by atoms with Crippen molar-refractivity contribution < 1.29 is 47.6 Å². The first-order chi connectivity index (χ1) is 22.5. The zero-order valence-electron chi connectivity index (χ0n) is 27.5. The van der Waals surface area contributed by atoms with Crippen molar-refractivity contribution >= 4 is 45.0 Å². The van der Waals surface area contributed by atoms with Crippen molar-refractivity contribution in [1.29, 1.82) is 0 Å². The Morgan fingerprint density at radius 3 is 2.68 bits per heavy atom. The summed E-state index contributed by atoms with van der Waals surface area (Å²) in [6.07, 6.45) is 10.0. The number of ether oxygens (including phenoxy) is 6. The van der Waals surface area contributed by atoms with Gasteiger partial charge in [-0.25, -0.2) is 9.78 Å². The number of carbonyl (C=O) groups excluding carboxylic acids is 4. The van der Waals surface area contributed by atoms with Crippen molar-refractivity contribution in [2.45, 2.75) is 64.8 Å². The zero-order valence-corrected chi connectivity index (χ0v) is 27.5. The molecule has 0 saturated carbocycles. The molecule has 3 heterocycles. The molecule has 250 valence electrons. The van der Waals surface area contributed by atoms with Crippen LogP contribution in [0.2, 0.25) is 0 Å². The second-order valence-electron chi connectivity index (χ2n) is 11.8. The lowest BCUT2D eigenvalue weighted by atomic mass is 9.94. The summed E-state index contributed by atoms with van der Waals surface area (Å²) in [4.78, 5) is 55.3.